The molecular formula is C14H18FN3. The van der Waals surface area contributed by atoms with Crippen LogP contribution in [-0.2, 0) is 0 Å². The Hall–Kier alpha value is -1.60. The summed E-state index contributed by atoms with van der Waals surface area (Å²) in [5.74, 6) is 0.130. The van der Waals surface area contributed by atoms with E-state index in [1.54, 1.807) is 6.07 Å². The van der Waals surface area contributed by atoms with Gasteiger partial charge < -0.3 is 10.6 Å². The summed E-state index contributed by atoms with van der Waals surface area (Å²) in [6.07, 6.45) is 2.24. The molecule has 1 aromatic rings. The van der Waals surface area contributed by atoms with Gasteiger partial charge >= 0.3 is 0 Å². The number of piperidine rings is 1. The Bertz CT molecular complexity index is 467. The van der Waals surface area contributed by atoms with E-state index in [0.717, 1.165) is 25.1 Å². The van der Waals surface area contributed by atoms with E-state index in [1.807, 2.05) is 0 Å². The Labute approximate surface area is 107 Å². The molecule has 1 saturated heterocycles. The van der Waals surface area contributed by atoms with Gasteiger partial charge in [-0.3, -0.25) is 0 Å². The minimum atomic E-state index is -0.371. The summed E-state index contributed by atoms with van der Waals surface area (Å²) in [7, 11) is 0. The maximum atomic E-state index is 13.2. The zero-order valence-electron chi connectivity index (χ0n) is 10.6. The van der Waals surface area contributed by atoms with Gasteiger partial charge in [0.2, 0.25) is 0 Å². The van der Waals surface area contributed by atoms with Crippen molar-refractivity contribution in [2.75, 3.05) is 18.0 Å². The Kier molecular flexibility index (Phi) is 3.83. The van der Waals surface area contributed by atoms with Gasteiger partial charge in [-0.05, 0) is 37.0 Å². The largest absolute Gasteiger partial charge is 0.366 e. The molecule has 2 unspecified atom stereocenters. The van der Waals surface area contributed by atoms with Crippen LogP contribution in [0, 0.1) is 23.1 Å². The van der Waals surface area contributed by atoms with Crippen LogP contribution in [0.25, 0.3) is 0 Å². The molecule has 0 saturated carbocycles. The molecule has 2 atom stereocenters. The maximum Gasteiger partial charge on any atom is 0.124 e. The minimum absolute atomic E-state index is 0.233. The summed E-state index contributed by atoms with van der Waals surface area (Å²) in [4.78, 5) is 2.16. The summed E-state index contributed by atoms with van der Waals surface area (Å²) in [5.41, 5.74) is 7.04. The third-order valence-electron chi connectivity index (χ3n) is 3.75. The molecule has 18 heavy (non-hydrogen) atoms. The van der Waals surface area contributed by atoms with E-state index in [-0.39, 0.29) is 11.9 Å². The van der Waals surface area contributed by atoms with Crippen LogP contribution in [0.15, 0.2) is 18.2 Å². The van der Waals surface area contributed by atoms with Crippen molar-refractivity contribution in [1.82, 2.24) is 0 Å². The van der Waals surface area contributed by atoms with E-state index < -0.39 is 0 Å². The molecule has 96 valence electrons. The molecule has 1 heterocycles. The highest BCUT2D eigenvalue weighted by molar-refractivity contribution is 5.60. The van der Waals surface area contributed by atoms with Crippen molar-refractivity contribution in [3.8, 4) is 6.07 Å². The van der Waals surface area contributed by atoms with Crippen molar-refractivity contribution in [2.45, 2.75) is 25.8 Å². The zero-order valence-corrected chi connectivity index (χ0v) is 10.6. The van der Waals surface area contributed by atoms with Gasteiger partial charge in [-0.25, -0.2) is 4.39 Å². The first kappa shape index (κ1) is 12.8. The normalized spacial score (nSPS) is 23.8. The third-order valence-corrected chi connectivity index (χ3v) is 3.75. The average Bonchev–Trinajstić information content (AvgIpc) is 2.38. The van der Waals surface area contributed by atoms with E-state index >= 15 is 0 Å². The van der Waals surface area contributed by atoms with Crippen LogP contribution in [0.5, 0.6) is 0 Å². The maximum absolute atomic E-state index is 13.2. The van der Waals surface area contributed by atoms with Gasteiger partial charge in [0.25, 0.3) is 0 Å². The van der Waals surface area contributed by atoms with Crippen molar-refractivity contribution in [1.29, 1.82) is 5.26 Å². The molecule has 1 aliphatic heterocycles. The van der Waals surface area contributed by atoms with Crippen LogP contribution in [0.4, 0.5) is 10.1 Å². The highest BCUT2D eigenvalue weighted by atomic mass is 19.1. The lowest BCUT2D eigenvalue weighted by atomic mass is 9.90. The minimum Gasteiger partial charge on any atom is -0.366 e. The van der Waals surface area contributed by atoms with Gasteiger partial charge in [0, 0.05) is 19.1 Å². The Morgan fingerprint density at radius 2 is 2.33 bits per heavy atom. The second kappa shape index (κ2) is 5.36. The quantitative estimate of drug-likeness (QED) is 0.872. The number of anilines is 1. The molecule has 0 amide bonds. The first-order valence-electron chi connectivity index (χ1n) is 6.33. The Morgan fingerprint density at radius 1 is 1.56 bits per heavy atom. The molecule has 0 aromatic heterocycles. The van der Waals surface area contributed by atoms with Gasteiger partial charge in [0.15, 0.2) is 0 Å². The van der Waals surface area contributed by atoms with Gasteiger partial charge in [-0.2, -0.15) is 5.26 Å². The van der Waals surface area contributed by atoms with Crippen LogP contribution >= 0.6 is 0 Å². The molecule has 1 aliphatic rings. The molecule has 3 nitrogen and oxygen atoms in total. The lowest BCUT2D eigenvalue weighted by Crippen LogP contribution is -2.49. The Balaban J connectivity index is 2.38. The lowest BCUT2D eigenvalue weighted by molar-refractivity contribution is 0.349. The number of nitriles is 1. The Morgan fingerprint density at radius 3 is 3.00 bits per heavy atom. The molecule has 1 fully saturated rings. The number of rotatable bonds is 2. The topological polar surface area (TPSA) is 53.0 Å². The van der Waals surface area contributed by atoms with E-state index in [9.17, 15) is 4.39 Å². The number of halogens is 1. The van der Waals surface area contributed by atoms with Crippen LogP contribution in [-0.4, -0.2) is 19.1 Å². The predicted molar refractivity (Wildman–Crippen MR) is 69.7 cm³/mol. The fraction of sp³-hybridized carbons (Fsp3) is 0.500. The first-order valence-corrected chi connectivity index (χ1v) is 6.33. The number of hydrogen-bond donors (Lipinski definition) is 1. The highest BCUT2D eigenvalue weighted by Gasteiger charge is 2.28. The van der Waals surface area contributed by atoms with E-state index in [0.29, 0.717) is 18.0 Å². The molecular weight excluding hydrogens is 229 g/mol. The fourth-order valence-corrected chi connectivity index (χ4v) is 2.76. The van der Waals surface area contributed by atoms with Gasteiger partial charge in [0.1, 0.15) is 11.9 Å². The standard InChI is InChI=1S/C14H18FN3/c1-10-3-2-6-18(14(10)9-17)13-5-4-12(15)7-11(13)8-16/h4-5,7,10,14H,2-3,6,9,17H2,1H3. The van der Waals surface area contributed by atoms with E-state index in [2.05, 4.69) is 17.9 Å². The summed E-state index contributed by atoms with van der Waals surface area (Å²) >= 11 is 0. The second-order valence-corrected chi connectivity index (χ2v) is 4.89. The number of benzene rings is 1. The summed E-state index contributed by atoms with van der Waals surface area (Å²) in [6.45, 7) is 3.62. The highest BCUT2D eigenvalue weighted by Crippen LogP contribution is 2.30. The van der Waals surface area contributed by atoms with Gasteiger partial charge in [0.05, 0.1) is 11.3 Å². The molecule has 0 radical (unpaired) electrons. The smallest absolute Gasteiger partial charge is 0.124 e. The van der Waals surface area contributed by atoms with Crippen LogP contribution in [0.2, 0.25) is 0 Å². The number of hydrogen-bond acceptors (Lipinski definition) is 3. The van der Waals surface area contributed by atoms with Crippen LogP contribution in [0.1, 0.15) is 25.3 Å². The molecule has 2 N–H and O–H groups in total. The van der Waals surface area contributed by atoms with Crippen molar-refractivity contribution in [3.05, 3.63) is 29.6 Å². The van der Waals surface area contributed by atoms with Crippen LogP contribution < -0.4 is 10.6 Å². The van der Waals surface area contributed by atoms with Gasteiger partial charge in [-0.15, -0.1) is 0 Å². The third kappa shape index (κ3) is 2.32. The molecule has 2 rings (SSSR count). The fourth-order valence-electron chi connectivity index (χ4n) is 2.76. The monoisotopic (exact) mass is 247 g/mol. The van der Waals surface area contributed by atoms with E-state index in [4.69, 9.17) is 11.0 Å². The lowest BCUT2D eigenvalue weighted by Gasteiger charge is -2.41. The molecule has 1 aromatic carbocycles. The molecule has 0 aliphatic carbocycles. The van der Waals surface area contributed by atoms with Crippen molar-refractivity contribution < 1.29 is 4.39 Å². The zero-order chi connectivity index (χ0) is 13.1. The summed E-state index contributed by atoms with van der Waals surface area (Å²) in [6, 6.07) is 6.69. The SMILES string of the molecule is CC1CCCN(c2ccc(F)cc2C#N)C1CN. The molecule has 0 spiro atoms. The molecule has 0 bridgehead atoms. The molecule has 4 heteroatoms. The predicted octanol–water partition coefficient (Wildman–Crippen LogP) is 2.26. The average molecular weight is 247 g/mol. The van der Waals surface area contributed by atoms with Crippen molar-refractivity contribution in [2.24, 2.45) is 11.7 Å². The van der Waals surface area contributed by atoms with Crippen LogP contribution in [0.3, 0.4) is 0 Å². The van der Waals surface area contributed by atoms with Crippen molar-refractivity contribution >= 4 is 5.69 Å². The first-order chi connectivity index (χ1) is 8.67. The number of nitrogens with zero attached hydrogens (tertiary/aromatic N) is 2. The summed E-state index contributed by atoms with van der Waals surface area (Å²) in [5, 5.41) is 9.12. The number of nitrogens with two attached hydrogens (primary N) is 1. The second-order valence-electron chi connectivity index (χ2n) is 4.89. The van der Waals surface area contributed by atoms with E-state index in [1.165, 1.54) is 12.1 Å². The van der Waals surface area contributed by atoms with Gasteiger partial charge in [-0.1, -0.05) is 6.92 Å². The summed E-state index contributed by atoms with van der Waals surface area (Å²) < 4.78 is 13.2. The van der Waals surface area contributed by atoms with Crippen molar-refractivity contribution in [3.63, 3.8) is 0 Å².